The highest BCUT2D eigenvalue weighted by Crippen LogP contribution is 2.34. The van der Waals surface area contributed by atoms with Crippen LogP contribution < -0.4 is 20.1 Å². The fourth-order valence-corrected chi connectivity index (χ4v) is 6.56. The van der Waals surface area contributed by atoms with Crippen LogP contribution in [-0.4, -0.2) is 52.1 Å². The molecule has 0 saturated heterocycles. The smallest absolute Gasteiger partial charge is 0.128 e. The van der Waals surface area contributed by atoms with E-state index >= 15 is 0 Å². The van der Waals surface area contributed by atoms with Crippen LogP contribution in [0.2, 0.25) is 0 Å². The van der Waals surface area contributed by atoms with Crippen molar-refractivity contribution in [3.63, 3.8) is 0 Å². The zero-order valence-electron chi connectivity index (χ0n) is 21.5. The van der Waals surface area contributed by atoms with E-state index in [4.69, 9.17) is 9.47 Å². The lowest BCUT2D eigenvalue weighted by Gasteiger charge is -2.13. The number of amidine groups is 2. The predicted octanol–water partition coefficient (Wildman–Crippen LogP) is 5.30. The number of nitrogens with zero attached hydrogens (tertiary/aromatic N) is 2. The molecule has 0 atom stereocenters. The fourth-order valence-electron chi connectivity index (χ4n) is 4.41. The van der Waals surface area contributed by atoms with Crippen LogP contribution in [0.25, 0.3) is 0 Å². The lowest BCUT2D eigenvalue weighted by Crippen LogP contribution is -2.19. The first-order valence-electron chi connectivity index (χ1n) is 12.4. The molecule has 3 aromatic carbocycles. The zero-order chi connectivity index (χ0) is 25.6. The molecule has 2 aliphatic heterocycles. The molecule has 0 radical (unpaired) electrons. The topological polar surface area (TPSA) is 67.2 Å². The van der Waals surface area contributed by atoms with E-state index in [1.54, 1.807) is 14.2 Å². The summed E-state index contributed by atoms with van der Waals surface area (Å²) in [6.07, 6.45) is 0. The van der Waals surface area contributed by atoms with Gasteiger partial charge in [0.05, 0.1) is 27.3 Å². The van der Waals surface area contributed by atoms with Crippen molar-refractivity contribution in [3.05, 3.63) is 82.4 Å². The fraction of sp³-hybridized carbons (Fsp3) is 0.310. The van der Waals surface area contributed by atoms with Gasteiger partial charge in [-0.05, 0) is 42.8 Å². The van der Waals surface area contributed by atoms with Gasteiger partial charge in [-0.15, -0.1) is 23.5 Å². The van der Waals surface area contributed by atoms with Gasteiger partial charge in [-0.25, -0.2) is 0 Å². The molecule has 0 saturated carbocycles. The molecule has 0 amide bonds. The molecule has 0 bridgehead atoms. The molecule has 2 heterocycles. The Morgan fingerprint density at radius 1 is 0.703 bits per heavy atom. The van der Waals surface area contributed by atoms with Gasteiger partial charge in [-0.2, -0.15) is 0 Å². The van der Waals surface area contributed by atoms with Crippen LogP contribution in [-0.2, 0) is 11.5 Å². The van der Waals surface area contributed by atoms with Crippen LogP contribution in [0, 0.1) is 6.92 Å². The minimum Gasteiger partial charge on any atom is -0.496 e. The molecule has 0 unspecified atom stereocenters. The molecule has 0 aromatic heterocycles. The van der Waals surface area contributed by atoms with Gasteiger partial charge in [-0.3, -0.25) is 9.98 Å². The molecule has 3 aromatic rings. The van der Waals surface area contributed by atoms with Crippen molar-refractivity contribution in [2.75, 3.05) is 40.4 Å². The summed E-state index contributed by atoms with van der Waals surface area (Å²) < 4.78 is 11.4. The third-order valence-electron chi connectivity index (χ3n) is 6.28. The summed E-state index contributed by atoms with van der Waals surface area (Å²) in [4.78, 5) is 11.6. The number of thioether (sulfide) groups is 2. The van der Waals surface area contributed by atoms with Crippen LogP contribution >= 0.6 is 23.5 Å². The van der Waals surface area contributed by atoms with Crippen molar-refractivity contribution in [2.45, 2.75) is 28.2 Å². The standard InChI is InChI=1S/C29H32N4O2S2/c1-19-12-24(36-17-22-6-4-20(14-26(22)34-2)28-30-8-9-31-28)16-25(13-19)37-18-23-7-5-21(15-27(23)35-3)29-32-10-11-33-29/h4-7,12-16H,8-11,17-18H2,1-3H3,(H,30,31)(H,32,33). The molecule has 0 aliphatic carbocycles. The number of nitrogens with one attached hydrogen (secondary N) is 2. The van der Waals surface area contributed by atoms with Crippen LogP contribution in [0.5, 0.6) is 11.5 Å². The van der Waals surface area contributed by atoms with E-state index in [1.807, 2.05) is 23.5 Å². The summed E-state index contributed by atoms with van der Waals surface area (Å²) >= 11 is 3.66. The number of hydrogen-bond donors (Lipinski definition) is 2. The Balaban J connectivity index is 1.25. The third-order valence-corrected chi connectivity index (χ3v) is 8.33. The van der Waals surface area contributed by atoms with Crippen molar-refractivity contribution >= 4 is 35.2 Å². The minimum atomic E-state index is 0.828. The van der Waals surface area contributed by atoms with Gasteiger partial charge in [0.15, 0.2) is 0 Å². The average molecular weight is 533 g/mol. The van der Waals surface area contributed by atoms with Gasteiger partial charge in [0.25, 0.3) is 0 Å². The van der Waals surface area contributed by atoms with Crippen LogP contribution in [0.15, 0.2) is 74.4 Å². The second-order valence-electron chi connectivity index (χ2n) is 8.93. The molecule has 8 heteroatoms. The van der Waals surface area contributed by atoms with E-state index in [2.05, 4.69) is 82.1 Å². The lowest BCUT2D eigenvalue weighted by molar-refractivity contribution is 0.411. The van der Waals surface area contributed by atoms with Gasteiger partial charge in [0.2, 0.25) is 0 Å². The quantitative estimate of drug-likeness (QED) is 0.346. The van der Waals surface area contributed by atoms with E-state index in [0.717, 1.165) is 72.0 Å². The second kappa shape index (κ2) is 12.0. The predicted molar refractivity (Wildman–Crippen MR) is 155 cm³/mol. The van der Waals surface area contributed by atoms with Gasteiger partial charge in [-0.1, -0.05) is 24.3 Å². The number of aliphatic imine (C=N–C) groups is 2. The van der Waals surface area contributed by atoms with Crippen molar-refractivity contribution in [3.8, 4) is 11.5 Å². The summed E-state index contributed by atoms with van der Waals surface area (Å²) in [5.74, 6) is 5.38. The second-order valence-corrected chi connectivity index (χ2v) is 11.0. The molecular formula is C29H32N4O2S2. The Morgan fingerprint density at radius 2 is 1.19 bits per heavy atom. The largest absolute Gasteiger partial charge is 0.496 e. The molecular weight excluding hydrogens is 500 g/mol. The molecule has 0 fully saturated rings. The van der Waals surface area contributed by atoms with E-state index in [0.29, 0.717) is 0 Å². The van der Waals surface area contributed by atoms with E-state index < -0.39 is 0 Å². The Bertz CT molecular complexity index is 1240. The number of rotatable bonds is 10. The maximum atomic E-state index is 5.71. The molecule has 37 heavy (non-hydrogen) atoms. The summed E-state index contributed by atoms with van der Waals surface area (Å²) in [6.45, 7) is 5.61. The molecule has 2 N–H and O–H groups in total. The average Bonchev–Trinajstić information content (AvgIpc) is 3.65. The van der Waals surface area contributed by atoms with E-state index in [-0.39, 0.29) is 0 Å². The summed E-state index contributed by atoms with van der Waals surface area (Å²) in [6, 6.07) is 19.5. The van der Waals surface area contributed by atoms with Crippen molar-refractivity contribution in [1.29, 1.82) is 0 Å². The number of methoxy groups -OCH3 is 2. The molecule has 192 valence electrons. The molecule has 2 aliphatic rings. The number of hydrogen-bond acceptors (Lipinski definition) is 8. The van der Waals surface area contributed by atoms with Crippen LogP contribution in [0.4, 0.5) is 0 Å². The Labute approximate surface area is 227 Å². The summed E-state index contributed by atoms with van der Waals surface area (Å²) in [5.41, 5.74) is 5.77. The van der Waals surface area contributed by atoms with Crippen molar-refractivity contribution in [2.24, 2.45) is 9.98 Å². The third kappa shape index (κ3) is 6.25. The van der Waals surface area contributed by atoms with E-state index in [1.165, 1.54) is 26.5 Å². The van der Waals surface area contributed by atoms with Gasteiger partial charge in [0.1, 0.15) is 23.2 Å². The Kier molecular flexibility index (Phi) is 8.26. The number of ether oxygens (including phenoxy) is 2. The SMILES string of the molecule is COc1cc(C2=NCCN2)ccc1CSc1cc(C)cc(SCc2ccc(C3=NCCN3)cc2OC)c1. The van der Waals surface area contributed by atoms with Crippen molar-refractivity contribution < 1.29 is 9.47 Å². The summed E-state index contributed by atoms with van der Waals surface area (Å²) in [7, 11) is 3.47. The minimum absolute atomic E-state index is 0.828. The first-order valence-corrected chi connectivity index (χ1v) is 14.4. The van der Waals surface area contributed by atoms with Gasteiger partial charge < -0.3 is 20.1 Å². The molecule has 5 rings (SSSR count). The van der Waals surface area contributed by atoms with Crippen molar-refractivity contribution in [1.82, 2.24) is 10.6 Å². The molecule has 0 spiro atoms. The number of benzene rings is 3. The maximum absolute atomic E-state index is 5.71. The highest BCUT2D eigenvalue weighted by atomic mass is 32.2. The highest BCUT2D eigenvalue weighted by molar-refractivity contribution is 7.99. The van der Waals surface area contributed by atoms with Gasteiger partial charge in [0, 0.05) is 56.6 Å². The van der Waals surface area contributed by atoms with Crippen LogP contribution in [0.1, 0.15) is 27.8 Å². The Hall–Kier alpha value is -3.10. The van der Waals surface area contributed by atoms with Gasteiger partial charge >= 0.3 is 0 Å². The van der Waals surface area contributed by atoms with Crippen LogP contribution in [0.3, 0.4) is 0 Å². The lowest BCUT2D eigenvalue weighted by atomic mass is 10.1. The van der Waals surface area contributed by atoms with E-state index in [9.17, 15) is 0 Å². The maximum Gasteiger partial charge on any atom is 0.128 e. The zero-order valence-corrected chi connectivity index (χ0v) is 23.1. The number of aryl methyl sites for hydroxylation is 1. The Morgan fingerprint density at radius 3 is 1.59 bits per heavy atom. The first kappa shape index (κ1) is 25.5. The molecule has 6 nitrogen and oxygen atoms in total. The highest BCUT2D eigenvalue weighted by Gasteiger charge is 2.14. The first-order chi connectivity index (χ1) is 18.1. The summed E-state index contributed by atoms with van der Waals surface area (Å²) in [5, 5.41) is 6.66. The normalized spacial score (nSPS) is 14.6. The monoisotopic (exact) mass is 532 g/mol.